The fraction of sp³-hybridized carbons (Fsp3) is 1.00. The van der Waals surface area contributed by atoms with Crippen molar-refractivity contribution in [3.63, 3.8) is 0 Å². The van der Waals surface area contributed by atoms with Crippen LogP contribution >= 0.6 is 0 Å². The largest absolute Gasteiger partial charge is 0.380 e. The maximum atomic E-state index is 5.59. The topological polar surface area (TPSA) is 24.5 Å². The summed E-state index contributed by atoms with van der Waals surface area (Å²) in [6.45, 7) is 11.0. The van der Waals surface area contributed by atoms with Crippen molar-refractivity contribution in [3.05, 3.63) is 0 Å². The first-order chi connectivity index (χ1) is 7.08. The summed E-state index contributed by atoms with van der Waals surface area (Å²) < 4.78 is 5.59. The molecule has 2 rings (SSSR count). The molecule has 0 aromatic carbocycles. The van der Waals surface area contributed by atoms with Gasteiger partial charge in [-0.3, -0.25) is 4.90 Å². The highest BCUT2D eigenvalue weighted by Crippen LogP contribution is 2.22. The molecule has 0 amide bonds. The Balaban J connectivity index is 1.98. The molecule has 88 valence electrons. The molecule has 0 aromatic heterocycles. The lowest BCUT2D eigenvalue weighted by Gasteiger charge is -2.47. The number of ether oxygens (including phenoxy) is 1. The van der Waals surface area contributed by atoms with Crippen LogP contribution in [0.15, 0.2) is 0 Å². The number of nitrogens with one attached hydrogen (secondary N) is 1. The average Bonchev–Trinajstić information content (AvgIpc) is 2.23. The molecule has 1 N–H and O–H groups in total. The third-order valence-electron chi connectivity index (χ3n) is 3.63. The number of nitrogens with zero attached hydrogens (tertiary/aromatic N) is 1. The minimum Gasteiger partial charge on any atom is -0.380 e. The molecule has 2 heterocycles. The Morgan fingerprint density at radius 1 is 1.40 bits per heavy atom. The lowest BCUT2D eigenvalue weighted by atomic mass is 9.96. The zero-order chi connectivity index (χ0) is 10.9. The molecule has 2 atom stereocenters. The van der Waals surface area contributed by atoms with Gasteiger partial charge >= 0.3 is 0 Å². The highest BCUT2D eigenvalue weighted by atomic mass is 16.5. The molecule has 0 saturated carbocycles. The maximum Gasteiger partial charge on any atom is 0.0621 e. The minimum atomic E-state index is 0.254. The van der Waals surface area contributed by atoms with Crippen LogP contribution in [0.1, 0.15) is 33.6 Å². The van der Waals surface area contributed by atoms with Crippen molar-refractivity contribution >= 4 is 0 Å². The zero-order valence-electron chi connectivity index (χ0n) is 10.3. The van der Waals surface area contributed by atoms with Gasteiger partial charge in [0.05, 0.1) is 6.61 Å². The third kappa shape index (κ3) is 2.71. The fourth-order valence-corrected chi connectivity index (χ4v) is 2.68. The van der Waals surface area contributed by atoms with Crippen molar-refractivity contribution in [1.29, 1.82) is 0 Å². The van der Waals surface area contributed by atoms with Gasteiger partial charge in [0.2, 0.25) is 0 Å². The predicted octanol–water partition coefficient (Wildman–Crippen LogP) is 1.24. The fourth-order valence-electron chi connectivity index (χ4n) is 2.68. The molecular weight excluding hydrogens is 188 g/mol. The van der Waals surface area contributed by atoms with Crippen molar-refractivity contribution in [2.75, 3.05) is 26.3 Å². The third-order valence-corrected chi connectivity index (χ3v) is 3.63. The van der Waals surface area contributed by atoms with E-state index in [0.717, 1.165) is 26.3 Å². The van der Waals surface area contributed by atoms with E-state index in [1.807, 2.05) is 0 Å². The van der Waals surface area contributed by atoms with Crippen LogP contribution in [-0.4, -0.2) is 48.8 Å². The van der Waals surface area contributed by atoms with E-state index in [4.69, 9.17) is 4.74 Å². The Hall–Kier alpha value is -0.120. The quantitative estimate of drug-likeness (QED) is 0.708. The van der Waals surface area contributed by atoms with E-state index in [0.29, 0.717) is 12.1 Å². The molecule has 2 unspecified atom stereocenters. The van der Waals surface area contributed by atoms with Gasteiger partial charge in [-0.1, -0.05) is 0 Å². The van der Waals surface area contributed by atoms with Crippen molar-refractivity contribution in [2.24, 2.45) is 0 Å². The van der Waals surface area contributed by atoms with E-state index in [-0.39, 0.29) is 5.54 Å². The van der Waals surface area contributed by atoms with Crippen LogP contribution in [0.3, 0.4) is 0 Å². The van der Waals surface area contributed by atoms with Gasteiger partial charge in [-0.15, -0.1) is 0 Å². The van der Waals surface area contributed by atoms with E-state index in [1.54, 1.807) is 0 Å². The van der Waals surface area contributed by atoms with Crippen LogP contribution in [0.25, 0.3) is 0 Å². The normalized spacial score (nSPS) is 37.8. The van der Waals surface area contributed by atoms with Crippen LogP contribution in [0, 0.1) is 0 Å². The van der Waals surface area contributed by atoms with Gasteiger partial charge in [-0.2, -0.15) is 0 Å². The van der Waals surface area contributed by atoms with Gasteiger partial charge < -0.3 is 10.1 Å². The monoisotopic (exact) mass is 212 g/mol. The van der Waals surface area contributed by atoms with Gasteiger partial charge in [0.15, 0.2) is 0 Å². The molecule has 0 bridgehead atoms. The van der Waals surface area contributed by atoms with E-state index in [2.05, 4.69) is 31.0 Å². The summed E-state index contributed by atoms with van der Waals surface area (Å²) in [5.41, 5.74) is 0.254. The zero-order valence-corrected chi connectivity index (χ0v) is 10.3. The molecule has 2 fully saturated rings. The molecule has 0 aliphatic carbocycles. The number of piperazine rings is 1. The number of hydrogen-bond acceptors (Lipinski definition) is 3. The van der Waals surface area contributed by atoms with Gasteiger partial charge in [-0.05, 0) is 33.6 Å². The minimum absolute atomic E-state index is 0.254. The summed E-state index contributed by atoms with van der Waals surface area (Å²) in [5, 5.41) is 3.59. The van der Waals surface area contributed by atoms with Crippen LogP contribution in [0.2, 0.25) is 0 Å². The van der Waals surface area contributed by atoms with Crippen LogP contribution in [0.5, 0.6) is 0 Å². The van der Waals surface area contributed by atoms with Gasteiger partial charge in [0.1, 0.15) is 0 Å². The Labute approximate surface area is 93.2 Å². The smallest absolute Gasteiger partial charge is 0.0621 e. The van der Waals surface area contributed by atoms with Crippen LogP contribution in [0.4, 0.5) is 0 Å². The summed E-state index contributed by atoms with van der Waals surface area (Å²) in [5.74, 6) is 0. The summed E-state index contributed by atoms with van der Waals surface area (Å²) in [6.07, 6.45) is 2.53. The summed E-state index contributed by atoms with van der Waals surface area (Å²) in [6, 6.07) is 1.29. The molecular formula is C12H24N2O. The Morgan fingerprint density at radius 2 is 2.20 bits per heavy atom. The Kier molecular flexibility index (Phi) is 3.33. The number of hydrogen-bond donors (Lipinski definition) is 1. The molecule has 2 aliphatic heterocycles. The van der Waals surface area contributed by atoms with E-state index in [1.165, 1.54) is 12.8 Å². The van der Waals surface area contributed by atoms with E-state index >= 15 is 0 Å². The molecule has 2 saturated heterocycles. The average molecular weight is 212 g/mol. The molecule has 2 aliphatic rings. The first-order valence-corrected chi connectivity index (χ1v) is 6.17. The van der Waals surface area contributed by atoms with Crippen LogP contribution < -0.4 is 5.32 Å². The first kappa shape index (κ1) is 11.4. The van der Waals surface area contributed by atoms with E-state index < -0.39 is 0 Å². The second-order valence-electron chi connectivity index (χ2n) is 5.66. The van der Waals surface area contributed by atoms with E-state index in [9.17, 15) is 0 Å². The molecule has 0 spiro atoms. The van der Waals surface area contributed by atoms with Crippen molar-refractivity contribution in [3.8, 4) is 0 Å². The lowest BCUT2D eigenvalue weighted by Crippen LogP contribution is -2.64. The molecule has 15 heavy (non-hydrogen) atoms. The first-order valence-electron chi connectivity index (χ1n) is 6.17. The second kappa shape index (κ2) is 4.40. The second-order valence-corrected chi connectivity index (χ2v) is 5.66. The van der Waals surface area contributed by atoms with Crippen molar-refractivity contribution in [2.45, 2.75) is 51.2 Å². The van der Waals surface area contributed by atoms with Crippen molar-refractivity contribution in [1.82, 2.24) is 10.2 Å². The van der Waals surface area contributed by atoms with Crippen LogP contribution in [-0.2, 0) is 4.74 Å². The lowest BCUT2D eigenvalue weighted by molar-refractivity contribution is -0.0213. The van der Waals surface area contributed by atoms with Gasteiger partial charge in [0.25, 0.3) is 0 Å². The van der Waals surface area contributed by atoms with Gasteiger partial charge in [-0.25, -0.2) is 0 Å². The summed E-state index contributed by atoms with van der Waals surface area (Å²) in [4.78, 5) is 2.63. The SMILES string of the molecule is CC1CNC(C)(C)CN1C1CCCOC1. The van der Waals surface area contributed by atoms with Crippen molar-refractivity contribution < 1.29 is 4.74 Å². The predicted molar refractivity (Wildman–Crippen MR) is 62.1 cm³/mol. The standard InChI is InChI=1S/C12H24N2O/c1-10-7-13-12(2,3)9-14(10)11-5-4-6-15-8-11/h10-11,13H,4-9H2,1-3H3. The number of rotatable bonds is 1. The maximum absolute atomic E-state index is 5.59. The van der Waals surface area contributed by atoms with Gasteiger partial charge in [0, 0.05) is 37.3 Å². The molecule has 0 aromatic rings. The highest BCUT2D eigenvalue weighted by Gasteiger charge is 2.34. The Bertz CT molecular complexity index is 212. The highest BCUT2D eigenvalue weighted by molar-refractivity contribution is 4.93. The Morgan fingerprint density at radius 3 is 2.87 bits per heavy atom. The summed E-state index contributed by atoms with van der Waals surface area (Å²) in [7, 11) is 0. The molecule has 0 radical (unpaired) electrons. The molecule has 3 heteroatoms. The molecule has 3 nitrogen and oxygen atoms in total. The summed E-state index contributed by atoms with van der Waals surface area (Å²) >= 11 is 0.